The summed E-state index contributed by atoms with van der Waals surface area (Å²) in [6.07, 6.45) is 4.22. The fourth-order valence-electron chi connectivity index (χ4n) is 2.62. The third-order valence-electron chi connectivity index (χ3n) is 3.68. The van der Waals surface area contributed by atoms with Gasteiger partial charge < -0.3 is 14.2 Å². The van der Waals surface area contributed by atoms with Crippen LogP contribution in [0.2, 0.25) is 0 Å². The quantitative estimate of drug-likeness (QED) is 0.698. The Hall–Kier alpha value is -0.650. The number of carbonyl (C=O) groups excluding carboxylic acids is 1. The van der Waals surface area contributed by atoms with Crippen LogP contribution in [0.4, 0.5) is 0 Å². The number of hydrogen-bond acceptors (Lipinski definition) is 5. The SMILES string of the molecule is COC1CCCCC1OC(=O)CN1CCOCC1. The maximum Gasteiger partial charge on any atom is 0.320 e. The van der Waals surface area contributed by atoms with E-state index < -0.39 is 0 Å². The molecule has 104 valence electrons. The molecule has 0 spiro atoms. The van der Waals surface area contributed by atoms with Gasteiger partial charge in [-0.2, -0.15) is 0 Å². The van der Waals surface area contributed by atoms with Crippen LogP contribution in [0.1, 0.15) is 25.7 Å². The highest BCUT2D eigenvalue weighted by molar-refractivity contribution is 5.72. The molecule has 0 radical (unpaired) electrons. The third-order valence-corrected chi connectivity index (χ3v) is 3.68. The molecular weight excluding hydrogens is 234 g/mol. The summed E-state index contributed by atoms with van der Waals surface area (Å²) in [6, 6.07) is 0. The Balaban J connectivity index is 1.75. The summed E-state index contributed by atoms with van der Waals surface area (Å²) < 4.78 is 16.2. The maximum atomic E-state index is 11.9. The van der Waals surface area contributed by atoms with E-state index in [1.54, 1.807) is 7.11 Å². The van der Waals surface area contributed by atoms with Crippen molar-refractivity contribution in [3.8, 4) is 0 Å². The van der Waals surface area contributed by atoms with E-state index in [2.05, 4.69) is 4.90 Å². The van der Waals surface area contributed by atoms with Crippen molar-refractivity contribution in [3.63, 3.8) is 0 Å². The normalized spacial score (nSPS) is 30.1. The molecule has 1 saturated heterocycles. The fourth-order valence-corrected chi connectivity index (χ4v) is 2.62. The van der Waals surface area contributed by atoms with E-state index in [1.165, 1.54) is 0 Å². The topological polar surface area (TPSA) is 48.0 Å². The summed E-state index contributed by atoms with van der Waals surface area (Å²) in [5.41, 5.74) is 0. The van der Waals surface area contributed by atoms with Gasteiger partial charge in [-0.25, -0.2) is 0 Å². The summed E-state index contributed by atoms with van der Waals surface area (Å²) in [4.78, 5) is 14.0. The van der Waals surface area contributed by atoms with Crippen LogP contribution >= 0.6 is 0 Å². The van der Waals surface area contributed by atoms with E-state index in [4.69, 9.17) is 14.2 Å². The van der Waals surface area contributed by atoms with Crippen LogP contribution in [-0.2, 0) is 19.0 Å². The molecule has 0 aromatic rings. The lowest BCUT2D eigenvalue weighted by Crippen LogP contribution is -2.42. The molecule has 5 heteroatoms. The zero-order valence-corrected chi connectivity index (χ0v) is 11.1. The molecule has 2 atom stereocenters. The van der Waals surface area contributed by atoms with Gasteiger partial charge in [0.25, 0.3) is 0 Å². The highest BCUT2D eigenvalue weighted by Gasteiger charge is 2.28. The number of nitrogens with zero attached hydrogens (tertiary/aromatic N) is 1. The minimum Gasteiger partial charge on any atom is -0.459 e. The van der Waals surface area contributed by atoms with Crippen LogP contribution in [0.25, 0.3) is 0 Å². The van der Waals surface area contributed by atoms with E-state index in [-0.39, 0.29) is 18.2 Å². The fraction of sp³-hybridized carbons (Fsp3) is 0.923. The van der Waals surface area contributed by atoms with Crippen molar-refractivity contribution in [2.75, 3.05) is 40.0 Å². The second-order valence-electron chi connectivity index (χ2n) is 4.98. The maximum absolute atomic E-state index is 11.9. The number of ether oxygens (including phenoxy) is 3. The molecule has 1 saturated carbocycles. The average Bonchev–Trinajstić information content (AvgIpc) is 2.40. The number of morpholine rings is 1. The van der Waals surface area contributed by atoms with Gasteiger partial charge in [0.15, 0.2) is 0 Å². The predicted molar refractivity (Wildman–Crippen MR) is 66.4 cm³/mol. The van der Waals surface area contributed by atoms with Crippen LogP contribution in [0.5, 0.6) is 0 Å². The monoisotopic (exact) mass is 257 g/mol. The standard InChI is InChI=1S/C13H23NO4/c1-16-11-4-2-3-5-12(11)18-13(15)10-14-6-8-17-9-7-14/h11-12H,2-10H2,1H3. The first-order valence-electron chi connectivity index (χ1n) is 6.82. The first-order chi connectivity index (χ1) is 8.79. The van der Waals surface area contributed by atoms with E-state index in [0.717, 1.165) is 38.8 Å². The van der Waals surface area contributed by atoms with E-state index in [1.807, 2.05) is 0 Å². The lowest BCUT2D eigenvalue weighted by Gasteiger charge is -2.31. The number of hydrogen-bond donors (Lipinski definition) is 0. The Bertz CT molecular complexity index is 266. The molecule has 0 N–H and O–H groups in total. The first kappa shape index (κ1) is 13.8. The summed E-state index contributed by atoms with van der Waals surface area (Å²) >= 11 is 0. The molecule has 0 bridgehead atoms. The van der Waals surface area contributed by atoms with Gasteiger partial charge in [0.1, 0.15) is 6.10 Å². The molecule has 0 aromatic carbocycles. The second kappa shape index (κ2) is 7.07. The second-order valence-corrected chi connectivity index (χ2v) is 4.98. The summed E-state index contributed by atoms with van der Waals surface area (Å²) in [7, 11) is 1.69. The molecule has 0 aromatic heterocycles. The Morgan fingerprint density at radius 1 is 1.22 bits per heavy atom. The Morgan fingerprint density at radius 3 is 2.56 bits per heavy atom. The molecule has 5 nitrogen and oxygen atoms in total. The molecule has 1 heterocycles. The van der Waals surface area contributed by atoms with Crippen LogP contribution in [0.15, 0.2) is 0 Å². The van der Waals surface area contributed by atoms with Crippen molar-refractivity contribution < 1.29 is 19.0 Å². The lowest BCUT2D eigenvalue weighted by molar-refractivity contribution is -0.161. The van der Waals surface area contributed by atoms with Crippen molar-refractivity contribution in [3.05, 3.63) is 0 Å². The molecule has 1 aliphatic carbocycles. The molecule has 2 unspecified atom stereocenters. The van der Waals surface area contributed by atoms with Gasteiger partial charge in [0, 0.05) is 20.2 Å². The molecule has 2 fully saturated rings. The Labute approximate surface area is 108 Å². The molecule has 0 amide bonds. The van der Waals surface area contributed by atoms with Gasteiger partial charge >= 0.3 is 5.97 Å². The zero-order valence-electron chi connectivity index (χ0n) is 11.1. The number of methoxy groups -OCH3 is 1. The molecule has 2 rings (SSSR count). The van der Waals surface area contributed by atoms with Gasteiger partial charge in [0.05, 0.1) is 25.9 Å². The molecule has 1 aliphatic heterocycles. The van der Waals surface area contributed by atoms with Crippen LogP contribution in [-0.4, -0.2) is 63.0 Å². The van der Waals surface area contributed by atoms with E-state index in [9.17, 15) is 4.79 Å². The van der Waals surface area contributed by atoms with Gasteiger partial charge in [0.2, 0.25) is 0 Å². The van der Waals surface area contributed by atoms with Gasteiger partial charge in [-0.15, -0.1) is 0 Å². The zero-order chi connectivity index (χ0) is 12.8. The number of carbonyl (C=O) groups is 1. The molecule has 2 aliphatic rings. The van der Waals surface area contributed by atoms with Gasteiger partial charge in [-0.05, 0) is 19.3 Å². The predicted octanol–water partition coefficient (Wildman–Crippen LogP) is 0.819. The number of rotatable bonds is 4. The van der Waals surface area contributed by atoms with Crippen molar-refractivity contribution in [2.24, 2.45) is 0 Å². The highest BCUT2D eigenvalue weighted by atomic mass is 16.6. The van der Waals surface area contributed by atoms with E-state index in [0.29, 0.717) is 19.8 Å². The van der Waals surface area contributed by atoms with E-state index >= 15 is 0 Å². The Kier molecular flexibility index (Phi) is 5.41. The third kappa shape index (κ3) is 3.93. The van der Waals surface area contributed by atoms with Crippen molar-refractivity contribution in [2.45, 2.75) is 37.9 Å². The highest BCUT2D eigenvalue weighted by Crippen LogP contribution is 2.23. The molecule has 18 heavy (non-hydrogen) atoms. The lowest BCUT2D eigenvalue weighted by atomic mass is 9.94. The van der Waals surface area contributed by atoms with Crippen LogP contribution in [0, 0.1) is 0 Å². The van der Waals surface area contributed by atoms with Crippen molar-refractivity contribution in [1.29, 1.82) is 0 Å². The Morgan fingerprint density at radius 2 is 1.89 bits per heavy atom. The number of esters is 1. The van der Waals surface area contributed by atoms with Crippen LogP contribution in [0.3, 0.4) is 0 Å². The smallest absolute Gasteiger partial charge is 0.320 e. The van der Waals surface area contributed by atoms with Crippen molar-refractivity contribution in [1.82, 2.24) is 4.90 Å². The minimum absolute atomic E-state index is 0.0581. The van der Waals surface area contributed by atoms with Crippen molar-refractivity contribution >= 4 is 5.97 Å². The average molecular weight is 257 g/mol. The summed E-state index contributed by atoms with van der Waals surface area (Å²) in [5, 5.41) is 0. The van der Waals surface area contributed by atoms with Gasteiger partial charge in [-0.1, -0.05) is 6.42 Å². The minimum atomic E-state index is -0.133. The largest absolute Gasteiger partial charge is 0.459 e. The van der Waals surface area contributed by atoms with Gasteiger partial charge in [-0.3, -0.25) is 9.69 Å². The summed E-state index contributed by atoms with van der Waals surface area (Å²) in [5.74, 6) is -0.133. The first-order valence-corrected chi connectivity index (χ1v) is 6.82. The summed E-state index contributed by atoms with van der Waals surface area (Å²) in [6.45, 7) is 3.41. The molecular formula is C13H23NO4. The van der Waals surface area contributed by atoms with Crippen LogP contribution < -0.4 is 0 Å².